The van der Waals surface area contributed by atoms with Crippen LogP contribution in [-0.4, -0.2) is 24.6 Å². The maximum absolute atomic E-state index is 14.5. The molecule has 1 saturated heterocycles. The molecule has 0 aliphatic carbocycles. The molecule has 2 heterocycles. The SMILES string of the molecule is O=[N+]([O-])c1cc(F)c(N2CCCC2)cc1N1CCc2ccccc2C1. The van der Waals surface area contributed by atoms with Crippen molar-refractivity contribution in [2.45, 2.75) is 25.8 Å². The molecule has 6 heteroatoms. The highest BCUT2D eigenvalue weighted by Gasteiger charge is 2.28. The Labute approximate surface area is 145 Å². The van der Waals surface area contributed by atoms with Crippen molar-refractivity contribution in [3.63, 3.8) is 0 Å². The Bertz CT molecular complexity index is 818. The van der Waals surface area contributed by atoms with E-state index >= 15 is 0 Å². The first-order valence-corrected chi connectivity index (χ1v) is 8.68. The minimum atomic E-state index is -0.505. The van der Waals surface area contributed by atoms with Gasteiger partial charge in [0.1, 0.15) is 5.69 Å². The predicted molar refractivity (Wildman–Crippen MR) is 95.7 cm³/mol. The van der Waals surface area contributed by atoms with Crippen LogP contribution >= 0.6 is 0 Å². The molecule has 2 aliphatic heterocycles. The first-order chi connectivity index (χ1) is 12.1. The molecule has 4 rings (SSSR count). The lowest BCUT2D eigenvalue weighted by Crippen LogP contribution is -2.31. The van der Waals surface area contributed by atoms with E-state index in [1.54, 1.807) is 6.07 Å². The zero-order chi connectivity index (χ0) is 17.4. The van der Waals surface area contributed by atoms with Gasteiger partial charge in [0.2, 0.25) is 0 Å². The van der Waals surface area contributed by atoms with Crippen molar-refractivity contribution in [3.05, 3.63) is 63.5 Å². The fourth-order valence-corrected chi connectivity index (χ4v) is 3.84. The van der Waals surface area contributed by atoms with Crippen LogP contribution in [0.3, 0.4) is 0 Å². The van der Waals surface area contributed by atoms with Gasteiger partial charge in [-0.05, 0) is 36.5 Å². The standard InChI is InChI=1S/C19H20FN3O2/c20-16-11-19(23(24)25)18(12-17(16)21-8-3-4-9-21)22-10-7-14-5-1-2-6-15(14)13-22/h1-2,5-6,11-12H,3-4,7-10,13H2. The van der Waals surface area contributed by atoms with Crippen molar-refractivity contribution in [1.29, 1.82) is 0 Å². The molecule has 0 bridgehead atoms. The van der Waals surface area contributed by atoms with Gasteiger partial charge < -0.3 is 9.80 Å². The van der Waals surface area contributed by atoms with Gasteiger partial charge in [0.05, 0.1) is 16.7 Å². The number of nitro groups is 1. The molecule has 5 nitrogen and oxygen atoms in total. The summed E-state index contributed by atoms with van der Waals surface area (Å²) < 4.78 is 14.5. The Morgan fingerprint density at radius 3 is 2.40 bits per heavy atom. The van der Waals surface area contributed by atoms with Crippen LogP contribution in [0.15, 0.2) is 36.4 Å². The van der Waals surface area contributed by atoms with E-state index in [0.717, 1.165) is 38.4 Å². The number of hydrogen-bond acceptors (Lipinski definition) is 4. The molecule has 0 N–H and O–H groups in total. The van der Waals surface area contributed by atoms with Gasteiger partial charge in [-0.25, -0.2) is 4.39 Å². The lowest BCUT2D eigenvalue weighted by atomic mass is 9.99. The summed E-state index contributed by atoms with van der Waals surface area (Å²) in [6.45, 7) is 2.92. The molecule has 130 valence electrons. The van der Waals surface area contributed by atoms with Gasteiger partial charge >= 0.3 is 0 Å². The van der Waals surface area contributed by atoms with Gasteiger partial charge in [0, 0.05) is 26.2 Å². The molecular weight excluding hydrogens is 321 g/mol. The molecule has 0 atom stereocenters. The number of benzene rings is 2. The third kappa shape index (κ3) is 2.92. The van der Waals surface area contributed by atoms with Gasteiger partial charge in [0.25, 0.3) is 5.69 Å². The molecule has 0 saturated carbocycles. The van der Waals surface area contributed by atoms with E-state index in [9.17, 15) is 14.5 Å². The maximum Gasteiger partial charge on any atom is 0.295 e. The van der Waals surface area contributed by atoms with Gasteiger partial charge in [-0.3, -0.25) is 10.1 Å². The highest BCUT2D eigenvalue weighted by atomic mass is 19.1. The Morgan fingerprint density at radius 1 is 0.960 bits per heavy atom. The quantitative estimate of drug-likeness (QED) is 0.628. The van der Waals surface area contributed by atoms with Gasteiger partial charge in [0.15, 0.2) is 5.82 Å². The Balaban J connectivity index is 1.74. The molecule has 0 amide bonds. The lowest BCUT2D eigenvalue weighted by Gasteiger charge is -2.31. The van der Waals surface area contributed by atoms with E-state index in [1.807, 2.05) is 21.9 Å². The summed E-state index contributed by atoms with van der Waals surface area (Å²) in [4.78, 5) is 15.0. The van der Waals surface area contributed by atoms with Crippen molar-refractivity contribution in [2.75, 3.05) is 29.4 Å². The van der Waals surface area contributed by atoms with E-state index < -0.39 is 10.7 Å². The van der Waals surface area contributed by atoms with Crippen molar-refractivity contribution < 1.29 is 9.31 Å². The van der Waals surface area contributed by atoms with Gasteiger partial charge in [-0.2, -0.15) is 0 Å². The largest absolute Gasteiger partial charge is 0.369 e. The smallest absolute Gasteiger partial charge is 0.295 e. The van der Waals surface area contributed by atoms with Crippen LogP contribution in [0, 0.1) is 15.9 Å². The molecule has 2 aromatic rings. The second-order valence-electron chi connectivity index (χ2n) is 6.68. The zero-order valence-corrected chi connectivity index (χ0v) is 13.9. The van der Waals surface area contributed by atoms with Crippen LogP contribution in [0.2, 0.25) is 0 Å². The summed E-state index contributed by atoms with van der Waals surface area (Å²) in [5.74, 6) is -0.505. The minimum absolute atomic E-state index is 0.153. The van der Waals surface area contributed by atoms with Crippen LogP contribution in [0.1, 0.15) is 24.0 Å². The normalized spacial score (nSPS) is 16.8. The van der Waals surface area contributed by atoms with E-state index in [2.05, 4.69) is 12.1 Å². The van der Waals surface area contributed by atoms with Crippen LogP contribution in [-0.2, 0) is 13.0 Å². The maximum atomic E-state index is 14.5. The molecule has 0 unspecified atom stereocenters. The molecule has 0 spiro atoms. The fraction of sp³-hybridized carbons (Fsp3) is 0.368. The summed E-state index contributed by atoms with van der Waals surface area (Å²) in [7, 11) is 0. The molecule has 2 aromatic carbocycles. The lowest BCUT2D eigenvalue weighted by molar-refractivity contribution is -0.384. The highest BCUT2D eigenvalue weighted by molar-refractivity contribution is 5.71. The summed E-state index contributed by atoms with van der Waals surface area (Å²) in [5.41, 5.74) is 3.30. The molecule has 2 aliphatic rings. The van der Waals surface area contributed by atoms with Gasteiger partial charge in [-0.1, -0.05) is 24.3 Å². The third-order valence-electron chi connectivity index (χ3n) is 5.16. The van der Waals surface area contributed by atoms with E-state index in [1.165, 1.54) is 11.1 Å². The molecule has 25 heavy (non-hydrogen) atoms. The van der Waals surface area contributed by atoms with Crippen LogP contribution in [0.4, 0.5) is 21.5 Å². The molecule has 0 aromatic heterocycles. The average molecular weight is 341 g/mol. The first kappa shape index (κ1) is 15.9. The minimum Gasteiger partial charge on any atom is -0.369 e. The zero-order valence-electron chi connectivity index (χ0n) is 13.9. The number of rotatable bonds is 3. The number of nitrogens with zero attached hydrogens (tertiary/aromatic N) is 3. The van der Waals surface area contributed by atoms with Gasteiger partial charge in [-0.15, -0.1) is 0 Å². The van der Waals surface area contributed by atoms with Crippen molar-refractivity contribution in [1.82, 2.24) is 0 Å². The summed E-state index contributed by atoms with van der Waals surface area (Å²) >= 11 is 0. The fourth-order valence-electron chi connectivity index (χ4n) is 3.84. The number of fused-ring (bicyclic) bond motifs is 1. The van der Waals surface area contributed by atoms with Crippen LogP contribution in [0.5, 0.6) is 0 Å². The average Bonchev–Trinajstić information content (AvgIpc) is 3.15. The topological polar surface area (TPSA) is 49.6 Å². The summed E-state index contributed by atoms with van der Waals surface area (Å²) in [5, 5.41) is 11.5. The van der Waals surface area contributed by atoms with E-state index in [4.69, 9.17) is 0 Å². The van der Waals surface area contributed by atoms with Crippen LogP contribution < -0.4 is 9.80 Å². The Kier molecular flexibility index (Phi) is 4.03. The van der Waals surface area contributed by atoms with Crippen molar-refractivity contribution >= 4 is 17.1 Å². The summed E-state index contributed by atoms with van der Waals surface area (Å²) in [6, 6.07) is 10.9. The van der Waals surface area contributed by atoms with E-state index in [-0.39, 0.29) is 5.69 Å². The first-order valence-electron chi connectivity index (χ1n) is 8.68. The third-order valence-corrected chi connectivity index (χ3v) is 5.16. The molecular formula is C19H20FN3O2. The monoisotopic (exact) mass is 341 g/mol. The number of anilines is 2. The predicted octanol–water partition coefficient (Wildman–Crippen LogP) is 3.90. The Morgan fingerprint density at radius 2 is 1.68 bits per heavy atom. The number of hydrogen-bond donors (Lipinski definition) is 0. The molecule has 0 radical (unpaired) electrons. The van der Waals surface area contributed by atoms with Crippen molar-refractivity contribution in [2.24, 2.45) is 0 Å². The second-order valence-corrected chi connectivity index (χ2v) is 6.68. The van der Waals surface area contributed by atoms with Crippen LogP contribution in [0.25, 0.3) is 0 Å². The Hall–Kier alpha value is -2.63. The number of nitro benzene ring substituents is 1. The van der Waals surface area contributed by atoms with E-state index in [0.29, 0.717) is 24.5 Å². The van der Waals surface area contributed by atoms with Crippen molar-refractivity contribution in [3.8, 4) is 0 Å². The molecule has 1 fully saturated rings. The summed E-state index contributed by atoms with van der Waals surface area (Å²) in [6.07, 6.45) is 2.90. The second kappa shape index (κ2) is 6.35. The number of halogens is 1. The highest BCUT2D eigenvalue weighted by Crippen LogP contribution is 2.38.